The minimum Gasteiger partial charge on any atom is -0.334 e. The Morgan fingerprint density at radius 1 is 1.00 bits per heavy atom. The number of hydrogen-bond donors (Lipinski definition) is 3. The number of nitrogens with one attached hydrogen (secondary N) is 3. The maximum absolute atomic E-state index is 11.9. The van der Waals surface area contributed by atoms with Crippen LogP contribution in [0, 0.1) is 0 Å². The third kappa shape index (κ3) is 6.74. The Morgan fingerprint density at radius 2 is 1.72 bits per heavy atom. The van der Waals surface area contributed by atoms with Crippen molar-refractivity contribution in [3.63, 3.8) is 0 Å². The molecule has 0 aliphatic carbocycles. The maximum Gasteiger partial charge on any atom is 0.321 e. The minimum atomic E-state index is -0.504. The summed E-state index contributed by atoms with van der Waals surface area (Å²) in [5, 5.41) is 5.96. The second kappa shape index (κ2) is 9.42. The molecule has 0 heterocycles. The SMILES string of the molecule is C[NH+](CC(=O)NC(=O)NCc1ccccc1)Cc1ccc(Cl)c(Cl)c1. The highest BCUT2D eigenvalue weighted by Gasteiger charge is 2.14. The number of urea groups is 1. The molecule has 0 bridgehead atoms. The number of carbonyl (C=O) groups excluding carboxylic acids is 2. The van der Waals surface area contributed by atoms with Crippen LogP contribution in [-0.4, -0.2) is 25.5 Å². The van der Waals surface area contributed by atoms with E-state index in [0.717, 1.165) is 16.0 Å². The van der Waals surface area contributed by atoms with Gasteiger partial charge in [-0.05, 0) is 17.7 Å². The predicted molar refractivity (Wildman–Crippen MR) is 98.7 cm³/mol. The zero-order chi connectivity index (χ0) is 18.2. The van der Waals surface area contributed by atoms with Crippen molar-refractivity contribution in [3.8, 4) is 0 Å². The predicted octanol–water partition coefficient (Wildman–Crippen LogP) is 2.03. The van der Waals surface area contributed by atoms with Gasteiger partial charge in [0, 0.05) is 12.1 Å². The number of imide groups is 1. The number of benzene rings is 2. The first-order chi connectivity index (χ1) is 11.9. The fraction of sp³-hybridized carbons (Fsp3) is 0.222. The monoisotopic (exact) mass is 380 g/mol. The molecule has 0 fully saturated rings. The molecule has 2 aromatic carbocycles. The standard InChI is InChI=1S/C18H19Cl2N3O2/c1-23(11-14-7-8-15(19)16(20)9-14)12-17(24)22-18(25)21-10-13-5-3-2-4-6-13/h2-9H,10-12H2,1H3,(H2,21,22,24,25)/p+1. The van der Waals surface area contributed by atoms with Crippen LogP contribution in [-0.2, 0) is 17.9 Å². The van der Waals surface area contributed by atoms with Crippen LogP contribution in [0.1, 0.15) is 11.1 Å². The van der Waals surface area contributed by atoms with E-state index in [9.17, 15) is 9.59 Å². The number of amides is 3. The third-order valence-electron chi connectivity index (χ3n) is 3.50. The van der Waals surface area contributed by atoms with Crippen molar-refractivity contribution in [1.29, 1.82) is 0 Å². The zero-order valence-corrected chi connectivity index (χ0v) is 15.3. The van der Waals surface area contributed by atoms with Gasteiger partial charge in [0.15, 0.2) is 6.54 Å². The van der Waals surface area contributed by atoms with Crippen LogP contribution in [0.3, 0.4) is 0 Å². The average molecular weight is 381 g/mol. The lowest BCUT2D eigenvalue weighted by atomic mass is 10.2. The lowest BCUT2D eigenvalue weighted by molar-refractivity contribution is -0.885. The van der Waals surface area contributed by atoms with E-state index in [4.69, 9.17) is 23.2 Å². The summed E-state index contributed by atoms with van der Waals surface area (Å²) in [6.45, 7) is 1.13. The molecule has 0 aromatic heterocycles. The Hall–Kier alpha value is -2.08. The van der Waals surface area contributed by atoms with Crippen LogP contribution in [0.5, 0.6) is 0 Å². The van der Waals surface area contributed by atoms with Crippen LogP contribution in [0.4, 0.5) is 4.79 Å². The maximum atomic E-state index is 11.9. The van der Waals surface area contributed by atoms with Gasteiger partial charge >= 0.3 is 6.03 Å². The van der Waals surface area contributed by atoms with Gasteiger partial charge in [0.05, 0.1) is 17.1 Å². The smallest absolute Gasteiger partial charge is 0.321 e. The van der Waals surface area contributed by atoms with Crippen molar-refractivity contribution >= 4 is 35.1 Å². The normalized spacial score (nSPS) is 11.6. The van der Waals surface area contributed by atoms with Crippen LogP contribution >= 0.6 is 23.2 Å². The topological polar surface area (TPSA) is 62.6 Å². The first-order valence-corrected chi connectivity index (χ1v) is 8.56. The van der Waals surface area contributed by atoms with E-state index in [-0.39, 0.29) is 12.5 Å². The van der Waals surface area contributed by atoms with E-state index in [2.05, 4.69) is 10.6 Å². The van der Waals surface area contributed by atoms with Crippen molar-refractivity contribution in [2.75, 3.05) is 13.6 Å². The molecule has 7 heteroatoms. The molecular formula is C18H20Cl2N3O2+. The summed E-state index contributed by atoms with van der Waals surface area (Å²) in [7, 11) is 1.87. The summed E-state index contributed by atoms with van der Waals surface area (Å²) in [4.78, 5) is 24.6. The second-order valence-corrected chi connectivity index (χ2v) is 6.59. The Bertz CT molecular complexity index is 738. The van der Waals surface area contributed by atoms with Gasteiger partial charge in [0.1, 0.15) is 6.54 Å². The van der Waals surface area contributed by atoms with Crippen molar-refractivity contribution in [3.05, 3.63) is 69.7 Å². The van der Waals surface area contributed by atoms with Crippen molar-refractivity contribution in [2.24, 2.45) is 0 Å². The van der Waals surface area contributed by atoms with E-state index >= 15 is 0 Å². The van der Waals surface area contributed by atoms with Crippen molar-refractivity contribution < 1.29 is 14.5 Å². The first kappa shape index (κ1) is 19.2. The molecule has 5 nitrogen and oxygen atoms in total. The van der Waals surface area contributed by atoms with Crippen molar-refractivity contribution in [2.45, 2.75) is 13.1 Å². The van der Waals surface area contributed by atoms with E-state index in [1.54, 1.807) is 12.1 Å². The summed E-state index contributed by atoms with van der Waals surface area (Å²) >= 11 is 11.9. The molecule has 0 radical (unpaired) electrons. The Labute approximate surface area is 156 Å². The van der Waals surface area contributed by atoms with Crippen LogP contribution in [0.2, 0.25) is 10.0 Å². The quantitative estimate of drug-likeness (QED) is 0.717. The lowest BCUT2D eigenvalue weighted by Crippen LogP contribution is -3.09. The summed E-state index contributed by atoms with van der Waals surface area (Å²) in [5.74, 6) is -0.344. The summed E-state index contributed by atoms with van der Waals surface area (Å²) in [6, 6.07) is 14.3. The van der Waals surface area contributed by atoms with Gasteiger partial charge in [0.2, 0.25) is 0 Å². The summed E-state index contributed by atoms with van der Waals surface area (Å²) in [5.41, 5.74) is 1.93. The molecule has 1 unspecified atom stereocenters. The van der Waals surface area contributed by atoms with Crippen LogP contribution < -0.4 is 15.5 Å². The van der Waals surface area contributed by atoms with Gasteiger partial charge in [-0.1, -0.05) is 59.6 Å². The molecule has 0 aliphatic rings. The summed E-state index contributed by atoms with van der Waals surface area (Å²) < 4.78 is 0. The Balaban J connectivity index is 1.74. The molecule has 1 atom stereocenters. The lowest BCUT2D eigenvalue weighted by Gasteiger charge is -2.14. The number of likely N-dealkylation sites (N-methyl/N-ethyl adjacent to an activating group) is 1. The third-order valence-corrected chi connectivity index (χ3v) is 4.24. The van der Waals surface area contributed by atoms with Crippen LogP contribution in [0.25, 0.3) is 0 Å². The van der Waals surface area contributed by atoms with Gasteiger partial charge in [0.25, 0.3) is 5.91 Å². The number of carbonyl (C=O) groups is 2. The molecular weight excluding hydrogens is 361 g/mol. The van der Waals surface area contributed by atoms with Gasteiger partial charge in [-0.15, -0.1) is 0 Å². The Morgan fingerprint density at radius 3 is 2.40 bits per heavy atom. The van der Waals surface area contributed by atoms with Gasteiger partial charge in [-0.25, -0.2) is 4.79 Å². The summed E-state index contributed by atoms with van der Waals surface area (Å²) in [6.07, 6.45) is 0. The molecule has 132 valence electrons. The highest BCUT2D eigenvalue weighted by molar-refractivity contribution is 6.42. The molecule has 0 aliphatic heterocycles. The van der Waals surface area contributed by atoms with Gasteiger partial charge in [-0.3, -0.25) is 10.1 Å². The van der Waals surface area contributed by atoms with E-state index < -0.39 is 6.03 Å². The molecule has 3 amide bonds. The zero-order valence-electron chi connectivity index (χ0n) is 13.8. The first-order valence-electron chi connectivity index (χ1n) is 7.81. The fourth-order valence-corrected chi connectivity index (χ4v) is 2.65. The van der Waals surface area contributed by atoms with Crippen LogP contribution in [0.15, 0.2) is 48.5 Å². The molecule has 2 rings (SSSR count). The number of rotatable bonds is 6. The molecule has 0 spiro atoms. The van der Waals surface area contributed by atoms with Crippen molar-refractivity contribution in [1.82, 2.24) is 10.6 Å². The molecule has 2 aromatic rings. The molecule has 3 N–H and O–H groups in total. The Kier molecular flexibility index (Phi) is 7.25. The van der Waals surface area contributed by atoms with E-state index in [0.29, 0.717) is 23.1 Å². The number of halogens is 2. The average Bonchev–Trinajstić information content (AvgIpc) is 2.57. The number of hydrogen-bond acceptors (Lipinski definition) is 2. The number of quaternary nitrogens is 1. The highest BCUT2D eigenvalue weighted by Crippen LogP contribution is 2.22. The molecule has 0 saturated carbocycles. The molecule has 25 heavy (non-hydrogen) atoms. The second-order valence-electron chi connectivity index (χ2n) is 5.78. The molecule has 0 saturated heterocycles. The minimum absolute atomic E-state index is 0.166. The van der Waals surface area contributed by atoms with E-state index in [1.165, 1.54) is 0 Å². The van der Waals surface area contributed by atoms with Gasteiger partial charge < -0.3 is 10.2 Å². The van der Waals surface area contributed by atoms with E-state index in [1.807, 2.05) is 43.4 Å². The van der Waals surface area contributed by atoms with Gasteiger partial charge in [-0.2, -0.15) is 0 Å². The highest BCUT2D eigenvalue weighted by atomic mass is 35.5. The largest absolute Gasteiger partial charge is 0.334 e. The fourth-order valence-electron chi connectivity index (χ4n) is 2.33.